The molecule has 24 heavy (non-hydrogen) atoms. The SMILES string of the molecule is COC(=O)C1CCC(O)(CNC(=O)CCc2ccccc2F)CC1. The van der Waals surface area contributed by atoms with Gasteiger partial charge in [-0.2, -0.15) is 0 Å². The van der Waals surface area contributed by atoms with Crippen LogP contribution < -0.4 is 5.32 Å². The van der Waals surface area contributed by atoms with E-state index in [0.717, 1.165) is 0 Å². The summed E-state index contributed by atoms with van der Waals surface area (Å²) in [6, 6.07) is 6.37. The second-order valence-electron chi connectivity index (χ2n) is 6.39. The minimum Gasteiger partial charge on any atom is -0.469 e. The van der Waals surface area contributed by atoms with Crippen LogP contribution >= 0.6 is 0 Å². The summed E-state index contributed by atoms with van der Waals surface area (Å²) in [6.07, 6.45) is 2.48. The third-order valence-electron chi connectivity index (χ3n) is 4.64. The molecule has 0 spiro atoms. The molecule has 0 radical (unpaired) electrons. The third kappa shape index (κ3) is 5.03. The molecule has 2 N–H and O–H groups in total. The summed E-state index contributed by atoms with van der Waals surface area (Å²) in [5, 5.41) is 13.2. The van der Waals surface area contributed by atoms with Crippen molar-refractivity contribution >= 4 is 11.9 Å². The largest absolute Gasteiger partial charge is 0.469 e. The lowest BCUT2D eigenvalue weighted by atomic mass is 9.79. The van der Waals surface area contributed by atoms with Crippen LogP contribution in [0.4, 0.5) is 4.39 Å². The standard InChI is InChI=1S/C18H24FNO4/c1-24-17(22)14-8-10-18(23,11-9-14)12-20-16(21)7-6-13-4-2-3-5-15(13)19/h2-5,14,23H,6-12H2,1H3,(H,20,21). The van der Waals surface area contributed by atoms with Gasteiger partial charge in [0, 0.05) is 13.0 Å². The Morgan fingerprint density at radius 1 is 1.33 bits per heavy atom. The molecule has 0 aliphatic heterocycles. The van der Waals surface area contributed by atoms with E-state index in [1.54, 1.807) is 18.2 Å². The van der Waals surface area contributed by atoms with Crippen molar-refractivity contribution in [3.63, 3.8) is 0 Å². The van der Waals surface area contributed by atoms with Crippen molar-refractivity contribution in [2.75, 3.05) is 13.7 Å². The van der Waals surface area contributed by atoms with Crippen LogP contribution in [0, 0.1) is 11.7 Å². The monoisotopic (exact) mass is 337 g/mol. The molecule has 1 amide bonds. The number of nitrogens with one attached hydrogen (secondary N) is 1. The van der Waals surface area contributed by atoms with Gasteiger partial charge < -0.3 is 15.2 Å². The Morgan fingerprint density at radius 2 is 2.00 bits per heavy atom. The molecule has 5 nitrogen and oxygen atoms in total. The van der Waals surface area contributed by atoms with Gasteiger partial charge in [0.05, 0.1) is 18.6 Å². The van der Waals surface area contributed by atoms with Gasteiger partial charge in [-0.1, -0.05) is 18.2 Å². The first-order valence-corrected chi connectivity index (χ1v) is 8.24. The zero-order chi connectivity index (χ0) is 17.6. The van der Waals surface area contributed by atoms with E-state index in [1.165, 1.54) is 13.2 Å². The molecule has 0 saturated heterocycles. The van der Waals surface area contributed by atoms with Gasteiger partial charge in [-0.15, -0.1) is 0 Å². The molecule has 1 aromatic rings. The van der Waals surface area contributed by atoms with Crippen LogP contribution in [0.3, 0.4) is 0 Å². The zero-order valence-electron chi connectivity index (χ0n) is 13.9. The number of benzene rings is 1. The number of hydrogen-bond donors (Lipinski definition) is 2. The molecular weight excluding hydrogens is 313 g/mol. The number of methoxy groups -OCH3 is 1. The Bertz CT molecular complexity index is 582. The molecule has 1 aliphatic carbocycles. The number of halogens is 1. The third-order valence-corrected chi connectivity index (χ3v) is 4.64. The maximum atomic E-state index is 13.5. The molecule has 6 heteroatoms. The van der Waals surface area contributed by atoms with Gasteiger partial charge in [0.2, 0.25) is 5.91 Å². The Balaban J connectivity index is 1.74. The van der Waals surface area contributed by atoms with Crippen LogP contribution in [0.25, 0.3) is 0 Å². The van der Waals surface area contributed by atoms with Crippen LogP contribution in [-0.2, 0) is 20.7 Å². The van der Waals surface area contributed by atoms with Crippen molar-refractivity contribution in [1.82, 2.24) is 5.32 Å². The Kier molecular flexibility index (Phi) is 6.31. The first-order chi connectivity index (χ1) is 11.4. The van der Waals surface area contributed by atoms with E-state index >= 15 is 0 Å². The highest BCUT2D eigenvalue weighted by atomic mass is 19.1. The predicted molar refractivity (Wildman–Crippen MR) is 86.7 cm³/mol. The highest BCUT2D eigenvalue weighted by Crippen LogP contribution is 2.32. The van der Waals surface area contributed by atoms with Crippen LogP contribution in [0.1, 0.15) is 37.7 Å². The van der Waals surface area contributed by atoms with E-state index in [2.05, 4.69) is 5.32 Å². The van der Waals surface area contributed by atoms with E-state index in [-0.39, 0.29) is 36.6 Å². The van der Waals surface area contributed by atoms with E-state index in [4.69, 9.17) is 4.74 Å². The van der Waals surface area contributed by atoms with E-state index in [0.29, 0.717) is 37.7 Å². The number of esters is 1. The lowest BCUT2D eigenvalue weighted by molar-refractivity contribution is -0.148. The van der Waals surface area contributed by atoms with Gasteiger partial charge in [-0.05, 0) is 43.7 Å². The minimum atomic E-state index is -0.988. The fourth-order valence-corrected chi connectivity index (χ4v) is 3.04. The summed E-state index contributed by atoms with van der Waals surface area (Å²) in [4.78, 5) is 23.4. The maximum Gasteiger partial charge on any atom is 0.308 e. The van der Waals surface area contributed by atoms with Crippen molar-refractivity contribution in [2.24, 2.45) is 5.92 Å². The van der Waals surface area contributed by atoms with Crippen LogP contribution in [0.2, 0.25) is 0 Å². The number of aryl methyl sites for hydroxylation is 1. The molecule has 1 aromatic carbocycles. The van der Waals surface area contributed by atoms with E-state index in [1.807, 2.05) is 0 Å². The molecular formula is C18H24FNO4. The number of carbonyl (C=O) groups excluding carboxylic acids is 2. The summed E-state index contributed by atoms with van der Waals surface area (Å²) in [5.41, 5.74) is -0.483. The normalized spacial score (nSPS) is 23.5. The van der Waals surface area contributed by atoms with Gasteiger partial charge >= 0.3 is 5.97 Å². The van der Waals surface area contributed by atoms with Crippen LogP contribution in [-0.4, -0.2) is 36.2 Å². The van der Waals surface area contributed by atoms with Crippen molar-refractivity contribution in [3.05, 3.63) is 35.6 Å². The van der Waals surface area contributed by atoms with Gasteiger partial charge in [-0.3, -0.25) is 9.59 Å². The fourth-order valence-electron chi connectivity index (χ4n) is 3.04. The zero-order valence-corrected chi connectivity index (χ0v) is 13.9. The summed E-state index contributed by atoms with van der Waals surface area (Å²) >= 11 is 0. The van der Waals surface area contributed by atoms with Crippen molar-refractivity contribution in [3.8, 4) is 0 Å². The summed E-state index contributed by atoms with van der Waals surface area (Å²) < 4.78 is 18.2. The molecule has 132 valence electrons. The number of ether oxygens (including phenoxy) is 1. The van der Waals surface area contributed by atoms with Crippen LogP contribution in [0.5, 0.6) is 0 Å². The van der Waals surface area contributed by atoms with E-state index < -0.39 is 5.60 Å². The number of hydrogen-bond acceptors (Lipinski definition) is 4. The Morgan fingerprint density at radius 3 is 2.62 bits per heavy atom. The smallest absolute Gasteiger partial charge is 0.308 e. The second-order valence-corrected chi connectivity index (χ2v) is 6.39. The van der Waals surface area contributed by atoms with Crippen molar-refractivity contribution < 1.29 is 23.8 Å². The van der Waals surface area contributed by atoms with Gasteiger partial charge in [-0.25, -0.2) is 4.39 Å². The molecule has 0 unspecified atom stereocenters. The van der Waals surface area contributed by atoms with Crippen molar-refractivity contribution in [1.29, 1.82) is 0 Å². The number of amides is 1. The molecule has 2 rings (SSSR count). The molecule has 1 saturated carbocycles. The second kappa shape index (κ2) is 8.24. The minimum absolute atomic E-state index is 0.150. The van der Waals surface area contributed by atoms with Gasteiger partial charge in [0.15, 0.2) is 0 Å². The Labute approximate surface area is 141 Å². The molecule has 0 bridgehead atoms. The molecule has 1 fully saturated rings. The average Bonchev–Trinajstić information content (AvgIpc) is 2.59. The summed E-state index contributed by atoms with van der Waals surface area (Å²) in [7, 11) is 1.36. The molecule has 0 aromatic heterocycles. The average molecular weight is 337 g/mol. The van der Waals surface area contributed by atoms with E-state index in [9.17, 15) is 19.1 Å². The Hall–Kier alpha value is -1.95. The lowest BCUT2D eigenvalue weighted by Crippen LogP contribution is -2.46. The topological polar surface area (TPSA) is 75.6 Å². The first kappa shape index (κ1) is 18.4. The van der Waals surface area contributed by atoms with Gasteiger partial charge in [0.25, 0.3) is 0 Å². The summed E-state index contributed by atoms with van der Waals surface area (Å²) in [5.74, 6) is -0.954. The maximum absolute atomic E-state index is 13.5. The highest BCUT2D eigenvalue weighted by molar-refractivity contribution is 5.76. The highest BCUT2D eigenvalue weighted by Gasteiger charge is 2.36. The fraction of sp³-hybridized carbons (Fsp3) is 0.556. The quantitative estimate of drug-likeness (QED) is 0.778. The molecule has 1 aliphatic rings. The van der Waals surface area contributed by atoms with Crippen LogP contribution in [0.15, 0.2) is 24.3 Å². The van der Waals surface area contributed by atoms with Crippen molar-refractivity contribution in [2.45, 2.75) is 44.1 Å². The number of aliphatic hydroxyl groups is 1. The molecule has 0 heterocycles. The molecule has 0 atom stereocenters. The predicted octanol–water partition coefficient (Wildman–Crippen LogP) is 1.97. The first-order valence-electron chi connectivity index (χ1n) is 8.24. The number of rotatable bonds is 6. The van der Waals surface area contributed by atoms with Gasteiger partial charge in [0.1, 0.15) is 5.82 Å². The lowest BCUT2D eigenvalue weighted by Gasteiger charge is -2.35. The summed E-state index contributed by atoms with van der Waals surface area (Å²) in [6.45, 7) is 0.150. The number of carbonyl (C=O) groups is 2.